The largest absolute Gasteiger partial charge is 0.394 e. The minimum atomic E-state index is -0.103. The molecule has 0 saturated carbocycles. The summed E-state index contributed by atoms with van der Waals surface area (Å²) in [6, 6.07) is 1.84. The van der Waals surface area contributed by atoms with E-state index in [0.29, 0.717) is 0 Å². The third kappa shape index (κ3) is 2.13. The number of aromatic nitrogens is 2. The number of nitrogens with two attached hydrogens (primary N) is 1. The lowest BCUT2D eigenvalue weighted by Gasteiger charge is -2.22. The predicted octanol–water partition coefficient (Wildman–Crippen LogP) is 0.771. The van der Waals surface area contributed by atoms with E-state index in [-0.39, 0.29) is 18.7 Å². The fourth-order valence-electron chi connectivity index (χ4n) is 1.65. The summed E-state index contributed by atoms with van der Waals surface area (Å²) < 4.78 is 1.82. The van der Waals surface area contributed by atoms with Crippen LogP contribution in [-0.2, 0) is 0 Å². The van der Waals surface area contributed by atoms with Crippen molar-refractivity contribution in [1.29, 1.82) is 0 Å². The van der Waals surface area contributed by atoms with Crippen molar-refractivity contribution in [2.45, 2.75) is 39.3 Å². The zero-order valence-corrected chi connectivity index (χ0v) is 9.07. The molecule has 0 spiro atoms. The van der Waals surface area contributed by atoms with E-state index in [0.717, 1.165) is 17.8 Å². The number of aliphatic hydroxyl groups excluding tert-OH is 1. The van der Waals surface area contributed by atoms with Crippen molar-refractivity contribution in [2.24, 2.45) is 5.73 Å². The van der Waals surface area contributed by atoms with Crippen LogP contribution in [0.3, 0.4) is 0 Å². The van der Waals surface area contributed by atoms with Gasteiger partial charge in [0.2, 0.25) is 0 Å². The van der Waals surface area contributed by atoms with Gasteiger partial charge in [-0.15, -0.1) is 0 Å². The summed E-state index contributed by atoms with van der Waals surface area (Å²) in [6.07, 6.45) is 0.837. The van der Waals surface area contributed by atoms with Gasteiger partial charge in [0, 0.05) is 11.7 Å². The number of hydrogen-bond donors (Lipinski definition) is 2. The third-order valence-corrected chi connectivity index (χ3v) is 2.51. The monoisotopic (exact) mass is 197 g/mol. The summed E-state index contributed by atoms with van der Waals surface area (Å²) in [5, 5.41) is 13.6. The van der Waals surface area contributed by atoms with Gasteiger partial charge in [-0.2, -0.15) is 5.10 Å². The van der Waals surface area contributed by atoms with Crippen LogP contribution in [0.2, 0.25) is 0 Å². The SMILES string of the molecule is CCC(N)C(CO)n1nc(C)cc1C. The van der Waals surface area contributed by atoms with Gasteiger partial charge in [-0.1, -0.05) is 6.92 Å². The fourth-order valence-corrected chi connectivity index (χ4v) is 1.65. The fraction of sp³-hybridized carbons (Fsp3) is 0.700. The molecule has 0 aliphatic carbocycles. The topological polar surface area (TPSA) is 64.1 Å². The quantitative estimate of drug-likeness (QED) is 0.749. The molecular formula is C10H19N3O. The van der Waals surface area contributed by atoms with E-state index in [2.05, 4.69) is 5.10 Å². The first-order chi connectivity index (χ1) is 6.60. The molecule has 3 N–H and O–H groups in total. The Hall–Kier alpha value is -0.870. The van der Waals surface area contributed by atoms with Crippen molar-refractivity contribution in [3.63, 3.8) is 0 Å². The van der Waals surface area contributed by atoms with Gasteiger partial charge < -0.3 is 10.8 Å². The average molecular weight is 197 g/mol. The average Bonchev–Trinajstić information content (AvgIpc) is 2.47. The molecule has 4 heteroatoms. The molecule has 0 fully saturated rings. The van der Waals surface area contributed by atoms with E-state index in [1.165, 1.54) is 0 Å². The number of aliphatic hydroxyl groups is 1. The smallest absolute Gasteiger partial charge is 0.0903 e. The van der Waals surface area contributed by atoms with E-state index in [1.54, 1.807) is 0 Å². The maximum absolute atomic E-state index is 9.27. The highest BCUT2D eigenvalue weighted by Gasteiger charge is 2.19. The van der Waals surface area contributed by atoms with Crippen molar-refractivity contribution in [1.82, 2.24) is 9.78 Å². The second-order valence-electron chi connectivity index (χ2n) is 3.69. The van der Waals surface area contributed by atoms with Gasteiger partial charge in [-0.3, -0.25) is 4.68 Å². The van der Waals surface area contributed by atoms with Gasteiger partial charge in [0.25, 0.3) is 0 Å². The first-order valence-corrected chi connectivity index (χ1v) is 4.99. The highest BCUT2D eigenvalue weighted by molar-refractivity contribution is 5.08. The third-order valence-electron chi connectivity index (χ3n) is 2.51. The second kappa shape index (κ2) is 4.57. The lowest BCUT2D eigenvalue weighted by atomic mass is 10.1. The summed E-state index contributed by atoms with van der Waals surface area (Å²) >= 11 is 0. The molecule has 0 saturated heterocycles. The van der Waals surface area contributed by atoms with Gasteiger partial charge in [0.05, 0.1) is 18.3 Å². The van der Waals surface area contributed by atoms with E-state index in [9.17, 15) is 5.11 Å². The molecule has 1 aromatic rings. The minimum Gasteiger partial charge on any atom is -0.394 e. The van der Waals surface area contributed by atoms with Gasteiger partial charge in [-0.05, 0) is 26.3 Å². The van der Waals surface area contributed by atoms with Crippen LogP contribution in [0.25, 0.3) is 0 Å². The van der Waals surface area contributed by atoms with Gasteiger partial charge in [-0.25, -0.2) is 0 Å². The van der Waals surface area contributed by atoms with Crippen LogP contribution in [0.15, 0.2) is 6.07 Å². The zero-order valence-electron chi connectivity index (χ0n) is 9.07. The molecule has 80 valence electrons. The molecule has 4 nitrogen and oxygen atoms in total. The van der Waals surface area contributed by atoms with Crippen LogP contribution in [0, 0.1) is 13.8 Å². The van der Waals surface area contributed by atoms with Crippen molar-refractivity contribution in [3.8, 4) is 0 Å². The summed E-state index contributed by atoms with van der Waals surface area (Å²) in [7, 11) is 0. The Bertz CT molecular complexity index is 296. The van der Waals surface area contributed by atoms with Gasteiger partial charge in [0.1, 0.15) is 0 Å². The molecule has 2 atom stereocenters. The van der Waals surface area contributed by atoms with Crippen LogP contribution in [0.4, 0.5) is 0 Å². The van der Waals surface area contributed by atoms with E-state index in [4.69, 9.17) is 5.73 Å². The maximum Gasteiger partial charge on any atom is 0.0903 e. The predicted molar refractivity (Wildman–Crippen MR) is 56.1 cm³/mol. The summed E-state index contributed by atoms with van der Waals surface area (Å²) in [4.78, 5) is 0. The Labute approximate surface area is 84.7 Å². The Balaban J connectivity index is 2.94. The molecule has 0 bridgehead atoms. The first-order valence-electron chi connectivity index (χ1n) is 4.99. The molecule has 2 unspecified atom stereocenters. The number of hydrogen-bond acceptors (Lipinski definition) is 3. The Morgan fingerprint density at radius 3 is 2.57 bits per heavy atom. The second-order valence-corrected chi connectivity index (χ2v) is 3.69. The summed E-state index contributed by atoms with van der Waals surface area (Å²) in [5.41, 5.74) is 7.93. The number of nitrogens with zero attached hydrogens (tertiary/aromatic N) is 2. The van der Waals surface area contributed by atoms with Crippen molar-refractivity contribution in [3.05, 3.63) is 17.5 Å². The number of aryl methyl sites for hydroxylation is 2. The Morgan fingerprint density at radius 1 is 1.57 bits per heavy atom. The molecule has 1 rings (SSSR count). The van der Waals surface area contributed by atoms with Crippen molar-refractivity contribution in [2.75, 3.05) is 6.61 Å². The number of rotatable bonds is 4. The zero-order chi connectivity index (χ0) is 10.7. The molecule has 0 amide bonds. The van der Waals surface area contributed by atoms with Crippen LogP contribution in [0.5, 0.6) is 0 Å². The molecule has 0 radical (unpaired) electrons. The highest BCUT2D eigenvalue weighted by atomic mass is 16.3. The summed E-state index contributed by atoms with van der Waals surface area (Å²) in [5.74, 6) is 0. The minimum absolute atomic E-state index is 0.0387. The van der Waals surface area contributed by atoms with Gasteiger partial charge >= 0.3 is 0 Å². The van der Waals surface area contributed by atoms with Gasteiger partial charge in [0.15, 0.2) is 0 Å². The lowest BCUT2D eigenvalue weighted by molar-refractivity contribution is 0.192. The molecule has 1 heterocycles. The lowest BCUT2D eigenvalue weighted by Crippen LogP contribution is -2.35. The van der Waals surface area contributed by atoms with Crippen LogP contribution < -0.4 is 5.73 Å². The Morgan fingerprint density at radius 2 is 2.21 bits per heavy atom. The molecule has 1 aromatic heterocycles. The molecule has 0 aliphatic heterocycles. The highest BCUT2D eigenvalue weighted by Crippen LogP contribution is 2.15. The van der Waals surface area contributed by atoms with E-state index in [1.807, 2.05) is 31.5 Å². The van der Waals surface area contributed by atoms with Crippen LogP contribution >= 0.6 is 0 Å². The molecule has 0 aliphatic rings. The molecular weight excluding hydrogens is 178 g/mol. The Kier molecular flexibility index (Phi) is 3.66. The van der Waals surface area contributed by atoms with Crippen molar-refractivity contribution >= 4 is 0 Å². The first kappa shape index (κ1) is 11.2. The molecule has 0 aromatic carbocycles. The normalized spacial score (nSPS) is 15.5. The van der Waals surface area contributed by atoms with Crippen molar-refractivity contribution < 1.29 is 5.11 Å². The summed E-state index contributed by atoms with van der Waals surface area (Å²) in [6.45, 7) is 5.97. The maximum atomic E-state index is 9.27. The standard InChI is InChI=1S/C10H19N3O/c1-4-9(11)10(6-14)13-8(3)5-7(2)12-13/h5,9-10,14H,4,6,11H2,1-3H3. The molecule has 14 heavy (non-hydrogen) atoms. The van der Waals surface area contributed by atoms with Crippen LogP contribution in [-0.4, -0.2) is 27.5 Å². The van der Waals surface area contributed by atoms with E-state index >= 15 is 0 Å². The van der Waals surface area contributed by atoms with E-state index < -0.39 is 0 Å². The van der Waals surface area contributed by atoms with Crippen LogP contribution in [0.1, 0.15) is 30.8 Å².